The number of nitrogens with one attached hydrogen (secondary N) is 3. The zero-order chi connectivity index (χ0) is 21.5. The molecule has 0 saturated carbocycles. The maximum atomic E-state index is 13.3. The van der Waals surface area contributed by atoms with Crippen LogP contribution < -0.4 is 26.4 Å². The number of hydrogen-bond acceptors (Lipinski definition) is 5. The first-order valence-corrected chi connectivity index (χ1v) is 9.84. The Labute approximate surface area is 178 Å². The van der Waals surface area contributed by atoms with E-state index in [1.165, 1.54) is 0 Å². The van der Waals surface area contributed by atoms with E-state index >= 15 is 0 Å². The number of primary amides is 1. The molecule has 0 aliphatic carbocycles. The van der Waals surface area contributed by atoms with E-state index in [-0.39, 0.29) is 24.7 Å². The molecule has 3 unspecified atom stereocenters. The molecule has 0 radical (unpaired) electrons. The first-order chi connectivity index (χ1) is 14.3. The van der Waals surface area contributed by atoms with Crippen LogP contribution in [-0.4, -0.2) is 30.9 Å². The zero-order valence-electron chi connectivity index (χ0n) is 16.2. The number of amides is 3. The molecule has 30 heavy (non-hydrogen) atoms. The Hall–Kier alpha value is -3.10. The van der Waals surface area contributed by atoms with Gasteiger partial charge in [0.25, 0.3) is 0 Å². The van der Waals surface area contributed by atoms with Crippen LogP contribution in [0, 0.1) is 5.92 Å². The molecule has 0 aromatic heterocycles. The Bertz CT molecular complexity index is 1030. The number of methoxy groups -OCH3 is 1. The first kappa shape index (κ1) is 20.2. The molecule has 3 atom stereocenters. The second-order valence-corrected chi connectivity index (χ2v) is 7.85. The van der Waals surface area contributed by atoms with Gasteiger partial charge in [0.2, 0.25) is 17.7 Å². The number of hydrogen-bond donors (Lipinski definition) is 4. The van der Waals surface area contributed by atoms with Crippen LogP contribution in [0.5, 0.6) is 5.75 Å². The predicted molar refractivity (Wildman–Crippen MR) is 112 cm³/mol. The molecular formula is C21H21ClN4O4. The fourth-order valence-corrected chi connectivity index (χ4v) is 4.55. The van der Waals surface area contributed by atoms with Gasteiger partial charge in [-0.25, -0.2) is 0 Å². The highest BCUT2D eigenvalue weighted by Gasteiger charge is 2.60. The van der Waals surface area contributed by atoms with Gasteiger partial charge in [-0.3, -0.25) is 19.7 Å². The van der Waals surface area contributed by atoms with Crippen molar-refractivity contribution in [3.05, 3.63) is 53.1 Å². The van der Waals surface area contributed by atoms with Crippen LogP contribution in [0.3, 0.4) is 0 Å². The van der Waals surface area contributed by atoms with Gasteiger partial charge in [-0.05, 0) is 36.8 Å². The molecule has 5 N–H and O–H groups in total. The lowest BCUT2D eigenvalue weighted by atomic mass is 9.79. The molecule has 4 rings (SSSR count). The molecule has 1 fully saturated rings. The molecule has 2 aromatic carbocycles. The van der Waals surface area contributed by atoms with Crippen molar-refractivity contribution in [3.8, 4) is 5.75 Å². The molecule has 156 valence electrons. The third-order valence-electron chi connectivity index (χ3n) is 5.63. The maximum absolute atomic E-state index is 13.3. The van der Waals surface area contributed by atoms with Gasteiger partial charge in [-0.15, -0.1) is 0 Å². The number of halogens is 1. The average molecular weight is 429 g/mol. The lowest BCUT2D eigenvalue weighted by Gasteiger charge is -2.29. The lowest BCUT2D eigenvalue weighted by Crippen LogP contribution is -2.52. The monoisotopic (exact) mass is 428 g/mol. The molecule has 9 heteroatoms. The van der Waals surface area contributed by atoms with Gasteiger partial charge in [-0.1, -0.05) is 23.7 Å². The molecule has 1 saturated heterocycles. The van der Waals surface area contributed by atoms with Crippen molar-refractivity contribution >= 4 is 40.7 Å². The summed E-state index contributed by atoms with van der Waals surface area (Å²) in [6.45, 7) is 0. The maximum Gasteiger partial charge on any atom is 0.250 e. The normalized spacial score (nSPS) is 24.4. The van der Waals surface area contributed by atoms with Crippen molar-refractivity contribution in [1.29, 1.82) is 0 Å². The van der Waals surface area contributed by atoms with Crippen molar-refractivity contribution < 1.29 is 19.1 Å². The van der Waals surface area contributed by atoms with E-state index in [0.29, 0.717) is 27.7 Å². The fourth-order valence-electron chi connectivity index (χ4n) is 4.33. The Morgan fingerprint density at radius 2 is 2.00 bits per heavy atom. The summed E-state index contributed by atoms with van der Waals surface area (Å²) in [5.74, 6) is -1.35. The Kier molecular flexibility index (Phi) is 5.13. The Morgan fingerprint density at radius 1 is 1.27 bits per heavy atom. The van der Waals surface area contributed by atoms with Crippen molar-refractivity contribution in [3.63, 3.8) is 0 Å². The molecule has 2 aliphatic rings. The number of benzene rings is 2. The highest BCUT2D eigenvalue weighted by molar-refractivity contribution is 6.35. The summed E-state index contributed by atoms with van der Waals surface area (Å²) in [4.78, 5) is 38.0. The van der Waals surface area contributed by atoms with Crippen LogP contribution in [-0.2, 0) is 19.9 Å². The third kappa shape index (κ3) is 3.28. The van der Waals surface area contributed by atoms with Gasteiger partial charge in [0, 0.05) is 23.7 Å². The van der Waals surface area contributed by atoms with Gasteiger partial charge in [0.15, 0.2) is 0 Å². The minimum Gasteiger partial charge on any atom is -0.497 e. The highest BCUT2D eigenvalue weighted by atomic mass is 35.5. The summed E-state index contributed by atoms with van der Waals surface area (Å²) in [6, 6.07) is 11.6. The topological polar surface area (TPSA) is 123 Å². The van der Waals surface area contributed by atoms with Crippen molar-refractivity contribution in [1.82, 2.24) is 5.32 Å². The second kappa shape index (κ2) is 7.62. The van der Waals surface area contributed by atoms with Crippen LogP contribution >= 0.6 is 11.6 Å². The summed E-state index contributed by atoms with van der Waals surface area (Å²) in [7, 11) is 1.56. The highest BCUT2D eigenvalue weighted by Crippen LogP contribution is 2.49. The quantitative estimate of drug-likeness (QED) is 0.580. The Balaban J connectivity index is 1.70. The summed E-state index contributed by atoms with van der Waals surface area (Å²) >= 11 is 6.27. The zero-order valence-corrected chi connectivity index (χ0v) is 17.0. The standard InChI is InChI=1S/C21H21ClN4O4/c1-30-13-7-5-11(6-8-13)24-19(28)15-9-12(10-17(23)27)26-21(15)14-3-2-4-16(22)18(14)25-20(21)29/h2-8,12,15,26H,9-10H2,1H3,(H2,23,27)(H,24,28)(H,25,29). The first-order valence-electron chi connectivity index (χ1n) is 9.46. The summed E-state index contributed by atoms with van der Waals surface area (Å²) < 4.78 is 5.13. The van der Waals surface area contributed by atoms with Crippen LogP contribution in [0.4, 0.5) is 11.4 Å². The average Bonchev–Trinajstić information content (AvgIpc) is 3.22. The number of ether oxygens (including phenoxy) is 1. The molecule has 0 bridgehead atoms. The van der Waals surface area contributed by atoms with Crippen LogP contribution in [0.25, 0.3) is 0 Å². The van der Waals surface area contributed by atoms with E-state index in [2.05, 4.69) is 16.0 Å². The van der Waals surface area contributed by atoms with Gasteiger partial charge >= 0.3 is 0 Å². The second-order valence-electron chi connectivity index (χ2n) is 7.44. The van der Waals surface area contributed by atoms with Gasteiger partial charge in [0.05, 0.1) is 23.7 Å². The molecule has 2 aromatic rings. The summed E-state index contributed by atoms with van der Waals surface area (Å²) in [5.41, 5.74) is 5.66. The third-order valence-corrected chi connectivity index (χ3v) is 5.95. The van der Waals surface area contributed by atoms with Crippen LogP contribution in [0.15, 0.2) is 42.5 Å². The number of carbonyl (C=O) groups is 3. The number of carbonyl (C=O) groups excluding carboxylic acids is 3. The van der Waals surface area contributed by atoms with E-state index in [1.807, 2.05) is 0 Å². The smallest absolute Gasteiger partial charge is 0.250 e. The lowest BCUT2D eigenvalue weighted by molar-refractivity contribution is -0.130. The van der Waals surface area contributed by atoms with Gasteiger partial charge in [0.1, 0.15) is 11.3 Å². The van der Waals surface area contributed by atoms with E-state index in [4.69, 9.17) is 22.1 Å². The molecule has 1 spiro atoms. The van der Waals surface area contributed by atoms with E-state index in [0.717, 1.165) is 0 Å². The number of anilines is 2. The minimum absolute atomic E-state index is 0.0112. The largest absolute Gasteiger partial charge is 0.497 e. The van der Waals surface area contributed by atoms with Crippen molar-refractivity contribution in [2.24, 2.45) is 11.7 Å². The fraction of sp³-hybridized carbons (Fsp3) is 0.286. The van der Waals surface area contributed by atoms with E-state index < -0.39 is 23.4 Å². The number of nitrogens with two attached hydrogens (primary N) is 1. The molecule has 3 amide bonds. The summed E-state index contributed by atoms with van der Waals surface area (Å²) in [5, 5.41) is 9.25. The van der Waals surface area contributed by atoms with Crippen LogP contribution in [0.1, 0.15) is 18.4 Å². The minimum atomic E-state index is -1.34. The SMILES string of the molecule is COc1ccc(NC(=O)C2CC(CC(N)=O)NC23C(=O)Nc2c(Cl)cccc23)cc1. The number of para-hydroxylation sites is 1. The van der Waals surface area contributed by atoms with Crippen molar-refractivity contribution in [2.45, 2.75) is 24.4 Å². The van der Waals surface area contributed by atoms with Crippen LogP contribution in [0.2, 0.25) is 5.02 Å². The van der Waals surface area contributed by atoms with Gasteiger partial charge < -0.3 is 21.1 Å². The molecule has 2 heterocycles. The predicted octanol–water partition coefficient (Wildman–Crippen LogP) is 1.99. The Morgan fingerprint density at radius 3 is 2.67 bits per heavy atom. The number of rotatable bonds is 5. The van der Waals surface area contributed by atoms with E-state index in [1.54, 1.807) is 49.6 Å². The molecule has 8 nitrogen and oxygen atoms in total. The number of fused-ring (bicyclic) bond motifs is 2. The summed E-state index contributed by atoms with van der Waals surface area (Å²) in [6.07, 6.45) is 0.279. The molecular weight excluding hydrogens is 408 g/mol. The molecule has 2 aliphatic heterocycles. The van der Waals surface area contributed by atoms with E-state index in [9.17, 15) is 14.4 Å². The van der Waals surface area contributed by atoms with Crippen molar-refractivity contribution in [2.75, 3.05) is 17.7 Å². The van der Waals surface area contributed by atoms with Gasteiger partial charge in [-0.2, -0.15) is 0 Å².